The molecule has 11 heteroatoms. The maximum absolute atomic E-state index is 13.2. The summed E-state index contributed by atoms with van der Waals surface area (Å²) in [4.78, 5) is 59.0. The molecule has 0 saturated heterocycles. The fourth-order valence-corrected chi connectivity index (χ4v) is 9.74. The Morgan fingerprint density at radius 3 is 1.43 bits per heavy atom. The minimum atomic E-state index is -0.442. The number of ketones is 2. The quantitative estimate of drug-likeness (QED) is 0.0455. The molecular formula is C59H52N2O8S. The van der Waals surface area contributed by atoms with Gasteiger partial charge in [-0.05, 0) is 138 Å². The van der Waals surface area contributed by atoms with Crippen LogP contribution in [0.3, 0.4) is 0 Å². The summed E-state index contributed by atoms with van der Waals surface area (Å²) < 4.78 is 13.8. The Bertz CT molecular complexity index is 3480. The number of oxime groups is 2. The van der Waals surface area contributed by atoms with Crippen molar-refractivity contribution in [3.05, 3.63) is 178 Å². The van der Waals surface area contributed by atoms with E-state index in [-0.39, 0.29) is 11.6 Å². The Hall–Kier alpha value is -7.76. The van der Waals surface area contributed by atoms with E-state index >= 15 is 0 Å². The van der Waals surface area contributed by atoms with Crippen molar-refractivity contribution in [2.45, 2.75) is 73.6 Å². The van der Waals surface area contributed by atoms with Gasteiger partial charge in [0.15, 0.2) is 11.5 Å². The van der Waals surface area contributed by atoms with Gasteiger partial charge in [0.25, 0.3) is 0 Å². The normalized spacial score (nSPS) is 12.4. The molecule has 70 heavy (non-hydrogen) atoms. The highest BCUT2D eigenvalue weighted by molar-refractivity contribution is 7.25. The summed E-state index contributed by atoms with van der Waals surface area (Å²) in [6.45, 7) is 11.3. The first-order valence-electron chi connectivity index (χ1n) is 23.6. The topological polar surface area (TPSA) is 138 Å². The number of nitrogens with zero attached hydrogens (tertiary/aromatic N) is 2. The molecule has 10 nitrogen and oxygen atoms in total. The number of para-hydroxylation sites is 2. The fourth-order valence-electron chi connectivity index (χ4n) is 8.68. The van der Waals surface area contributed by atoms with Crippen LogP contribution in [0.15, 0.2) is 153 Å². The Labute approximate surface area is 409 Å². The molecule has 0 fully saturated rings. The largest absolute Gasteiger partial charge is 0.453 e. The maximum Gasteiger partial charge on any atom is 0.331 e. The van der Waals surface area contributed by atoms with Crippen LogP contribution in [0.25, 0.3) is 53.2 Å². The van der Waals surface area contributed by atoms with Crippen LogP contribution in [-0.2, 0) is 25.7 Å². The van der Waals surface area contributed by atoms with E-state index in [1.54, 1.807) is 23.5 Å². The van der Waals surface area contributed by atoms with Gasteiger partial charge in [0.05, 0.1) is 11.4 Å². The molecule has 0 unspecified atom stereocenters. The number of furan rings is 2. The first kappa shape index (κ1) is 47.3. The lowest BCUT2D eigenvalue weighted by molar-refractivity contribution is -0.141. The van der Waals surface area contributed by atoms with Crippen molar-refractivity contribution in [2.24, 2.45) is 22.1 Å². The van der Waals surface area contributed by atoms with Gasteiger partial charge >= 0.3 is 11.9 Å². The summed E-state index contributed by atoms with van der Waals surface area (Å²) >= 11 is 1.68. The van der Waals surface area contributed by atoms with E-state index < -0.39 is 11.9 Å². The predicted octanol–water partition coefficient (Wildman–Crippen LogP) is 14.7. The first-order valence-corrected chi connectivity index (χ1v) is 24.4. The Morgan fingerprint density at radius 2 is 0.943 bits per heavy atom. The van der Waals surface area contributed by atoms with Gasteiger partial charge in [0.1, 0.15) is 11.2 Å². The predicted molar refractivity (Wildman–Crippen MR) is 278 cm³/mol. The zero-order valence-electron chi connectivity index (χ0n) is 40.0. The number of rotatable bonds is 14. The van der Waals surface area contributed by atoms with Crippen LogP contribution in [0.5, 0.6) is 0 Å². The van der Waals surface area contributed by atoms with Crippen LogP contribution in [-0.4, -0.2) is 34.9 Å². The number of carbonyl (C=O) groups is 4. The van der Waals surface area contributed by atoms with Gasteiger partial charge in [0, 0.05) is 61.5 Å². The Balaban J connectivity index is 0.000000174. The van der Waals surface area contributed by atoms with Crippen molar-refractivity contribution in [2.75, 3.05) is 0 Å². The summed E-state index contributed by atoms with van der Waals surface area (Å²) in [5.74, 6) is 0.549. The van der Waals surface area contributed by atoms with E-state index in [9.17, 15) is 19.2 Å². The van der Waals surface area contributed by atoms with Gasteiger partial charge in [-0.25, -0.2) is 9.59 Å². The molecule has 0 spiro atoms. The van der Waals surface area contributed by atoms with E-state index in [1.807, 2.05) is 97.1 Å². The van der Waals surface area contributed by atoms with Gasteiger partial charge in [-0.15, -0.1) is 11.3 Å². The number of hydrogen-bond donors (Lipinski definition) is 0. The zero-order valence-corrected chi connectivity index (χ0v) is 40.8. The lowest BCUT2D eigenvalue weighted by Crippen LogP contribution is -2.06. The Morgan fingerprint density at radius 1 is 0.529 bits per heavy atom. The first-order chi connectivity index (χ1) is 33.8. The number of carbonyl (C=O) groups excluding carboxylic acids is 4. The lowest BCUT2D eigenvalue weighted by atomic mass is 9.97. The van der Waals surface area contributed by atoms with Crippen LogP contribution >= 0.6 is 11.3 Å². The van der Waals surface area contributed by atoms with E-state index in [0.29, 0.717) is 52.1 Å². The fraction of sp³-hybridized carbons (Fsp3) is 0.220. The molecule has 352 valence electrons. The highest BCUT2D eigenvalue weighted by Gasteiger charge is 2.24. The minimum Gasteiger partial charge on any atom is -0.453 e. The van der Waals surface area contributed by atoms with Gasteiger partial charge in [-0.3, -0.25) is 9.59 Å². The second-order valence-electron chi connectivity index (χ2n) is 18.5. The van der Waals surface area contributed by atoms with Crippen molar-refractivity contribution in [1.29, 1.82) is 0 Å². The van der Waals surface area contributed by atoms with Gasteiger partial charge in [-0.1, -0.05) is 105 Å². The third-order valence-corrected chi connectivity index (χ3v) is 13.5. The molecule has 1 aliphatic rings. The molecule has 0 atom stereocenters. The molecule has 0 bridgehead atoms. The standard InChI is InChI=1S/C30H27NO4.C29H25NO4S/c1-18(2)8-13-27(31-35-19(3)32)20-9-11-25-23(14-20)16-24-15-22(10-12-26(24)25)30(33)29-17-21-6-4-5-7-28(21)34-29;1-17(2)8-11-24(30-34-18(3)31)19-9-12-27-22(14-19)23-15-21(10-13-28(23)35-27)29(32)26-16-20-6-4-5-7-25(20)33-26/h4-7,9-12,14-15,17-18H,8,13,16H2,1-3H3;4-7,9-10,12-17H,8,11H2,1-3H3/b31-27+;30-24+. The summed E-state index contributed by atoms with van der Waals surface area (Å²) in [6, 6.07) is 42.9. The van der Waals surface area contributed by atoms with Crippen molar-refractivity contribution < 1.29 is 37.7 Å². The van der Waals surface area contributed by atoms with E-state index in [4.69, 9.17) is 18.5 Å². The van der Waals surface area contributed by atoms with Crippen molar-refractivity contribution in [1.82, 2.24) is 0 Å². The second kappa shape index (κ2) is 20.5. The highest BCUT2D eigenvalue weighted by Crippen LogP contribution is 2.39. The molecule has 3 aromatic heterocycles. The molecular weight excluding hydrogens is 897 g/mol. The third kappa shape index (κ3) is 10.4. The summed E-state index contributed by atoms with van der Waals surface area (Å²) in [7, 11) is 0. The molecule has 3 heterocycles. The summed E-state index contributed by atoms with van der Waals surface area (Å²) in [5, 5.41) is 12.2. The van der Waals surface area contributed by atoms with Crippen LogP contribution in [0.4, 0.5) is 0 Å². The number of thiophene rings is 1. The van der Waals surface area contributed by atoms with Gasteiger partial charge < -0.3 is 18.5 Å². The molecule has 0 aliphatic heterocycles. The average molecular weight is 949 g/mol. The molecule has 0 saturated carbocycles. The van der Waals surface area contributed by atoms with Crippen molar-refractivity contribution in [3.63, 3.8) is 0 Å². The SMILES string of the molecule is CC(=O)O/N=C(\CCC(C)C)c1ccc2c(c1)Cc1cc(C(=O)c3cc4ccccc4o3)ccc1-2.CC(=O)O/N=C(\CCC(C)C)c1ccc2sc3ccc(C(=O)c4cc5ccccc5o4)cc3c2c1. The van der Waals surface area contributed by atoms with Gasteiger partial charge in [0.2, 0.25) is 11.6 Å². The molecule has 9 aromatic rings. The summed E-state index contributed by atoms with van der Waals surface area (Å²) in [5.41, 5.74) is 10.5. The maximum atomic E-state index is 13.2. The molecule has 6 aromatic carbocycles. The van der Waals surface area contributed by atoms with Crippen molar-refractivity contribution in [3.8, 4) is 11.1 Å². The number of hydrogen-bond acceptors (Lipinski definition) is 11. The Kier molecular flexibility index (Phi) is 13.8. The third-order valence-electron chi connectivity index (χ3n) is 12.3. The van der Waals surface area contributed by atoms with E-state index in [1.165, 1.54) is 19.4 Å². The van der Waals surface area contributed by atoms with E-state index in [2.05, 4.69) is 62.3 Å². The number of benzene rings is 6. The smallest absolute Gasteiger partial charge is 0.331 e. The van der Waals surface area contributed by atoms with Crippen LogP contribution < -0.4 is 0 Å². The van der Waals surface area contributed by atoms with E-state index in [0.717, 1.165) is 95.9 Å². The summed E-state index contributed by atoms with van der Waals surface area (Å²) in [6.07, 6.45) is 4.04. The van der Waals surface area contributed by atoms with Crippen LogP contribution in [0.2, 0.25) is 0 Å². The molecule has 10 rings (SSSR count). The van der Waals surface area contributed by atoms with Crippen LogP contribution in [0, 0.1) is 11.8 Å². The highest BCUT2D eigenvalue weighted by atomic mass is 32.1. The van der Waals surface area contributed by atoms with Gasteiger partial charge in [-0.2, -0.15) is 0 Å². The minimum absolute atomic E-state index is 0.120. The molecule has 0 amide bonds. The number of fused-ring (bicyclic) bond motifs is 8. The molecule has 1 aliphatic carbocycles. The molecule has 0 radical (unpaired) electrons. The average Bonchev–Trinajstić information content (AvgIpc) is 4.15. The second-order valence-corrected chi connectivity index (χ2v) is 19.6. The molecule has 0 N–H and O–H groups in total. The van der Waals surface area contributed by atoms with Crippen molar-refractivity contribution >= 4 is 88.4 Å². The van der Waals surface area contributed by atoms with Crippen LogP contribution in [0.1, 0.15) is 122 Å². The monoisotopic (exact) mass is 948 g/mol. The lowest BCUT2D eigenvalue weighted by Gasteiger charge is -2.10. The zero-order chi connectivity index (χ0) is 49.1.